The molecule has 0 saturated carbocycles. The molecule has 5 heteroatoms. The van der Waals surface area contributed by atoms with Crippen LogP contribution in [0.1, 0.15) is 43.4 Å². The molecule has 0 aromatic heterocycles. The molecule has 1 unspecified atom stereocenters. The summed E-state index contributed by atoms with van der Waals surface area (Å²) < 4.78 is 41.4. The third kappa shape index (κ3) is 7.48. The van der Waals surface area contributed by atoms with E-state index in [9.17, 15) is 13.2 Å². The summed E-state index contributed by atoms with van der Waals surface area (Å²) in [6, 6.07) is 8.28. The Morgan fingerprint density at radius 1 is 1.19 bits per heavy atom. The second kappa shape index (κ2) is 9.05. The molecule has 0 fully saturated rings. The van der Waals surface area contributed by atoms with E-state index in [4.69, 9.17) is 4.74 Å². The van der Waals surface area contributed by atoms with E-state index in [0.29, 0.717) is 6.61 Å². The Labute approximate surface area is 124 Å². The largest absolute Gasteiger partial charge is 0.389 e. The van der Waals surface area contributed by atoms with Crippen molar-refractivity contribution in [3.05, 3.63) is 35.4 Å². The summed E-state index contributed by atoms with van der Waals surface area (Å²) in [7, 11) is 1.82. The molecular weight excluding hydrogens is 279 g/mol. The smallest absolute Gasteiger partial charge is 0.379 e. The number of halogens is 3. The molecule has 120 valence electrons. The van der Waals surface area contributed by atoms with Crippen LogP contribution in [0.4, 0.5) is 13.2 Å². The molecule has 0 heterocycles. The van der Waals surface area contributed by atoms with Gasteiger partial charge in [-0.15, -0.1) is 0 Å². The second-order valence-electron chi connectivity index (χ2n) is 5.13. The normalized spacial score (nSPS) is 13.4. The highest BCUT2D eigenvalue weighted by atomic mass is 19.4. The van der Waals surface area contributed by atoms with Gasteiger partial charge in [-0.3, -0.25) is 0 Å². The lowest BCUT2D eigenvalue weighted by atomic mass is 10.0. The molecule has 0 bridgehead atoms. The summed E-state index contributed by atoms with van der Waals surface area (Å²) >= 11 is 0. The Morgan fingerprint density at radius 3 is 2.38 bits per heavy atom. The highest BCUT2D eigenvalue weighted by molar-refractivity contribution is 5.25. The van der Waals surface area contributed by atoms with Crippen molar-refractivity contribution in [2.45, 2.75) is 44.8 Å². The van der Waals surface area contributed by atoms with Gasteiger partial charge in [0.2, 0.25) is 0 Å². The fourth-order valence-electron chi connectivity index (χ4n) is 2.13. The number of ether oxygens (including phenoxy) is 1. The van der Waals surface area contributed by atoms with Crippen molar-refractivity contribution in [2.75, 3.05) is 20.3 Å². The number of hydrogen-bond acceptors (Lipinski definition) is 2. The van der Waals surface area contributed by atoms with Gasteiger partial charge in [0, 0.05) is 13.0 Å². The van der Waals surface area contributed by atoms with Gasteiger partial charge in [-0.2, -0.15) is 13.2 Å². The predicted octanol–water partition coefficient (Wildman–Crippen LogP) is 4.26. The Hall–Kier alpha value is -1.07. The molecule has 1 atom stereocenters. The molecule has 0 amide bonds. The van der Waals surface area contributed by atoms with Crippen molar-refractivity contribution in [1.29, 1.82) is 0 Å². The molecule has 1 aromatic rings. The molecule has 0 aliphatic rings. The number of hydrogen-bond donors (Lipinski definition) is 1. The van der Waals surface area contributed by atoms with Crippen molar-refractivity contribution in [1.82, 2.24) is 5.32 Å². The SMILES string of the molecule is CCCc1ccc(C(COCCCC(F)(F)F)NC)cc1. The van der Waals surface area contributed by atoms with E-state index in [1.54, 1.807) is 0 Å². The average molecular weight is 303 g/mol. The Kier molecular flexibility index (Phi) is 7.75. The minimum Gasteiger partial charge on any atom is -0.379 e. The molecule has 0 saturated heterocycles. The van der Waals surface area contributed by atoms with Crippen LogP contribution in [-0.4, -0.2) is 26.4 Å². The Balaban J connectivity index is 2.37. The van der Waals surface area contributed by atoms with Crippen molar-refractivity contribution in [2.24, 2.45) is 0 Å². The van der Waals surface area contributed by atoms with Crippen molar-refractivity contribution in [3.8, 4) is 0 Å². The standard InChI is InChI=1S/C16H24F3NO/c1-3-5-13-6-8-14(9-7-13)15(20-2)12-21-11-4-10-16(17,18)19/h6-9,15,20H,3-5,10-12H2,1-2H3. The van der Waals surface area contributed by atoms with Crippen LogP contribution >= 0.6 is 0 Å². The van der Waals surface area contributed by atoms with E-state index in [0.717, 1.165) is 18.4 Å². The molecule has 21 heavy (non-hydrogen) atoms. The van der Waals surface area contributed by atoms with Crippen LogP contribution in [0.5, 0.6) is 0 Å². The quantitative estimate of drug-likeness (QED) is 0.688. The van der Waals surface area contributed by atoms with Crippen LogP contribution in [-0.2, 0) is 11.2 Å². The maximum Gasteiger partial charge on any atom is 0.389 e. The molecular formula is C16H24F3NO. The van der Waals surface area contributed by atoms with E-state index in [1.807, 2.05) is 19.2 Å². The first kappa shape index (κ1) is 18.0. The van der Waals surface area contributed by atoms with E-state index < -0.39 is 12.6 Å². The fourth-order valence-corrected chi connectivity index (χ4v) is 2.13. The fraction of sp³-hybridized carbons (Fsp3) is 0.625. The molecule has 0 aliphatic heterocycles. The van der Waals surface area contributed by atoms with Gasteiger partial charge in [-0.05, 0) is 31.0 Å². The first-order valence-electron chi connectivity index (χ1n) is 7.37. The lowest BCUT2D eigenvalue weighted by molar-refractivity contribution is -0.138. The first-order chi connectivity index (χ1) is 9.96. The molecule has 0 aliphatic carbocycles. The van der Waals surface area contributed by atoms with Crippen LogP contribution in [0.25, 0.3) is 0 Å². The maximum absolute atomic E-state index is 12.0. The number of likely N-dealkylation sites (N-methyl/N-ethyl adjacent to an activating group) is 1. The Bertz CT molecular complexity index is 390. The number of alkyl halides is 3. The highest BCUT2D eigenvalue weighted by Gasteiger charge is 2.26. The number of rotatable bonds is 9. The van der Waals surface area contributed by atoms with Gasteiger partial charge in [-0.25, -0.2) is 0 Å². The predicted molar refractivity (Wildman–Crippen MR) is 78.3 cm³/mol. The van der Waals surface area contributed by atoms with Gasteiger partial charge in [0.05, 0.1) is 12.6 Å². The van der Waals surface area contributed by atoms with Crippen molar-refractivity contribution in [3.63, 3.8) is 0 Å². The summed E-state index contributed by atoms with van der Waals surface area (Å²) in [6.07, 6.45) is -2.71. The average Bonchev–Trinajstić information content (AvgIpc) is 2.43. The maximum atomic E-state index is 12.0. The van der Waals surface area contributed by atoms with Gasteiger partial charge in [0.25, 0.3) is 0 Å². The summed E-state index contributed by atoms with van der Waals surface area (Å²) in [5.41, 5.74) is 2.38. The van der Waals surface area contributed by atoms with Gasteiger partial charge in [-0.1, -0.05) is 37.6 Å². The summed E-state index contributed by atoms with van der Waals surface area (Å²) in [4.78, 5) is 0. The molecule has 2 nitrogen and oxygen atoms in total. The number of aryl methyl sites for hydroxylation is 1. The van der Waals surface area contributed by atoms with Gasteiger partial charge in [0.1, 0.15) is 0 Å². The van der Waals surface area contributed by atoms with E-state index in [1.165, 1.54) is 5.56 Å². The van der Waals surface area contributed by atoms with Gasteiger partial charge >= 0.3 is 6.18 Å². The summed E-state index contributed by atoms with van der Waals surface area (Å²) in [5.74, 6) is 0. The first-order valence-corrected chi connectivity index (χ1v) is 7.37. The topological polar surface area (TPSA) is 21.3 Å². The van der Waals surface area contributed by atoms with Gasteiger partial charge < -0.3 is 10.1 Å². The lowest BCUT2D eigenvalue weighted by Crippen LogP contribution is -2.22. The molecule has 1 aromatic carbocycles. The Morgan fingerprint density at radius 2 is 1.86 bits per heavy atom. The lowest BCUT2D eigenvalue weighted by Gasteiger charge is -2.17. The van der Waals surface area contributed by atoms with Crippen LogP contribution in [0, 0.1) is 0 Å². The monoisotopic (exact) mass is 303 g/mol. The van der Waals surface area contributed by atoms with E-state index >= 15 is 0 Å². The third-order valence-electron chi connectivity index (χ3n) is 3.30. The molecule has 1 N–H and O–H groups in total. The van der Waals surface area contributed by atoms with Crippen LogP contribution < -0.4 is 5.32 Å². The number of benzene rings is 1. The zero-order valence-corrected chi connectivity index (χ0v) is 12.7. The van der Waals surface area contributed by atoms with Crippen LogP contribution in [0.3, 0.4) is 0 Å². The zero-order chi connectivity index (χ0) is 15.7. The minimum absolute atomic E-state index is 0.00608. The van der Waals surface area contributed by atoms with E-state index in [2.05, 4.69) is 24.4 Å². The third-order valence-corrected chi connectivity index (χ3v) is 3.30. The second-order valence-corrected chi connectivity index (χ2v) is 5.13. The summed E-state index contributed by atoms with van der Waals surface area (Å²) in [6.45, 7) is 2.65. The van der Waals surface area contributed by atoms with Crippen molar-refractivity contribution < 1.29 is 17.9 Å². The summed E-state index contributed by atoms with van der Waals surface area (Å²) in [5, 5.41) is 3.13. The van der Waals surface area contributed by atoms with Gasteiger partial charge in [0.15, 0.2) is 0 Å². The molecule has 0 radical (unpaired) electrons. The minimum atomic E-state index is -4.10. The molecule has 1 rings (SSSR count). The van der Waals surface area contributed by atoms with Crippen molar-refractivity contribution >= 4 is 0 Å². The van der Waals surface area contributed by atoms with Crippen LogP contribution in [0.2, 0.25) is 0 Å². The highest BCUT2D eigenvalue weighted by Crippen LogP contribution is 2.21. The zero-order valence-electron chi connectivity index (χ0n) is 12.7. The molecule has 0 spiro atoms. The number of nitrogens with one attached hydrogen (secondary N) is 1. The van der Waals surface area contributed by atoms with E-state index in [-0.39, 0.29) is 19.1 Å². The van der Waals surface area contributed by atoms with Crippen LogP contribution in [0.15, 0.2) is 24.3 Å².